The second kappa shape index (κ2) is 5.32. The Morgan fingerprint density at radius 1 is 0.667 bits per heavy atom. The fraction of sp³-hybridized carbons (Fsp3) is 0.130. The summed E-state index contributed by atoms with van der Waals surface area (Å²) in [6.45, 7) is 2.24. The van der Waals surface area contributed by atoms with Crippen LogP contribution in [0.2, 0.25) is 0 Å². The Kier molecular flexibility index (Phi) is 3.11. The van der Waals surface area contributed by atoms with E-state index in [1.807, 2.05) is 11.3 Å². The molecule has 24 heavy (non-hydrogen) atoms. The molecule has 116 valence electrons. The topological polar surface area (TPSA) is 0 Å². The van der Waals surface area contributed by atoms with E-state index in [0.29, 0.717) is 0 Å². The summed E-state index contributed by atoms with van der Waals surface area (Å²) >= 11 is 1.82. The summed E-state index contributed by atoms with van der Waals surface area (Å²) < 4.78 is 1.37. The lowest BCUT2D eigenvalue weighted by Crippen LogP contribution is -1.85. The Labute approximate surface area is 145 Å². The number of thiophene rings is 1. The highest BCUT2D eigenvalue weighted by Crippen LogP contribution is 2.35. The summed E-state index contributed by atoms with van der Waals surface area (Å²) in [5.74, 6) is 0. The van der Waals surface area contributed by atoms with E-state index in [2.05, 4.69) is 73.0 Å². The molecule has 0 amide bonds. The van der Waals surface area contributed by atoms with Gasteiger partial charge in [-0.05, 0) is 73.9 Å². The Bertz CT molecular complexity index is 1210. The first-order valence-electron chi connectivity index (χ1n) is 8.59. The van der Waals surface area contributed by atoms with Gasteiger partial charge < -0.3 is 0 Å². The molecule has 0 saturated carbocycles. The van der Waals surface area contributed by atoms with Crippen molar-refractivity contribution in [3.63, 3.8) is 0 Å². The lowest BCUT2D eigenvalue weighted by molar-refractivity contribution is 0.924. The van der Waals surface area contributed by atoms with Gasteiger partial charge in [0, 0.05) is 10.1 Å². The molecule has 0 N–H and O–H groups in total. The SMILES string of the molecule is CCCc1ccc2cc3ccc4c5ccsc5ccc4c3cc2c1. The molecule has 0 bridgehead atoms. The summed E-state index contributed by atoms with van der Waals surface area (Å²) in [6.07, 6.45) is 2.34. The first kappa shape index (κ1) is 14.0. The van der Waals surface area contributed by atoms with Crippen LogP contribution in [-0.2, 0) is 6.42 Å². The van der Waals surface area contributed by atoms with Crippen molar-refractivity contribution in [2.45, 2.75) is 19.8 Å². The molecule has 1 aromatic heterocycles. The molecule has 0 aliphatic carbocycles. The zero-order valence-corrected chi connectivity index (χ0v) is 14.5. The molecule has 4 aromatic carbocycles. The van der Waals surface area contributed by atoms with E-state index in [4.69, 9.17) is 0 Å². The van der Waals surface area contributed by atoms with Crippen LogP contribution in [0.4, 0.5) is 0 Å². The van der Waals surface area contributed by atoms with E-state index in [-0.39, 0.29) is 0 Å². The van der Waals surface area contributed by atoms with Crippen molar-refractivity contribution >= 4 is 53.7 Å². The molecule has 0 unspecified atom stereocenters. The van der Waals surface area contributed by atoms with Crippen LogP contribution in [0.15, 0.2) is 66.0 Å². The maximum atomic E-state index is 2.38. The van der Waals surface area contributed by atoms with E-state index in [1.54, 1.807) is 0 Å². The van der Waals surface area contributed by atoms with E-state index in [0.717, 1.165) is 6.42 Å². The number of hydrogen-bond donors (Lipinski definition) is 0. The van der Waals surface area contributed by atoms with Crippen LogP contribution < -0.4 is 0 Å². The van der Waals surface area contributed by atoms with Gasteiger partial charge in [0.25, 0.3) is 0 Å². The number of hydrogen-bond acceptors (Lipinski definition) is 1. The highest BCUT2D eigenvalue weighted by atomic mass is 32.1. The van der Waals surface area contributed by atoms with Crippen molar-refractivity contribution in [3.8, 4) is 0 Å². The van der Waals surface area contributed by atoms with Crippen LogP contribution in [-0.4, -0.2) is 0 Å². The van der Waals surface area contributed by atoms with E-state index in [1.165, 1.54) is 54.4 Å². The highest BCUT2D eigenvalue weighted by molar-refractivity contribution is 7.17. The molecule has 5 aromatic rings. The Morgan fingerprint density at radius 2 is 1.50 bits per heavy atom. The molecule has 5 rings (SSSR count). The van der Waals surface area contributed by atoms with Gasteiger partial charge in [0.05, 0.1) is 0 Å². The normalized spacial score (nSPS) is 11.9. The minimum atomic E-state index is 1.15. The average Bonchev–Trinajstić information content (AvgIpc) is 3.09. The molecular weight excluding hydrogens is 308 g/mol. The molecule has 0 radical (unpaired) electrons. The molecule has 0 saturated heterocycles. The second-order valence-corrected chi connectivity index (χ2v) is 7.51. The smallest absolute Gasteiger partial charge is 0.0349 e. The van der Waals surface area contributed by atoms with Crippen molar-refractivity contribution in [1.82, 2.24) is 0 Å². The third-order valence-electron chi connectivity index (χ3n) is 5.01. The highest BCUT2D eigenvalue weighted by Gasteiger charge is 2.07. The zero-order chi connectivity index (χ0) is 16.1. The van der Waals surface area contributed by atoms with Gasteiger partial charge in [-0.25, -0.2) is 0 Å². The van der Waals surface area contributed by atoms with E-state index >= 15 is 0 Å². The summed E-state index contributed by atoms with van der Waals surface area (Å²) in [5.41, 5.74) is 1.44. The van der Waals surface area contributed by atoms with Crippen LogP contribution in [0.3, 0.4) is 0 Å². The number of rotatable bonds is 2. The van der Waals surface area contributed by atoms with Gasteiger partial charge in [0.15, 0.2) is 0 Å². The number of aryl methyl sites for hydroxylation is 1. The maximum Gasteiger partial charge on any atom is 0.0349 e. The number of fused-ring (bicyclic) bond motifs is 6. The van der Waals surface area contributed by atoms with Crippen LogP contribution >= 0.6 is 11.3 Å². The van der Waals surface area contributed by atoms with Crippen molar-refractivity contribution in [2.75, 3.05) is 0 Å². The fourth-order valence-corrected chi connectivity index (χ4v) is 4.64. The zero-order valence-electron chi connectivity index (χ0n) is 13.7. The molecule has 0 nitrogen and oxygen atoms in total. The van der Waals surface area contributed by atoms with Gasteiger partial charge in [-0.1, -0.05) is 49.7 Å². The quantitative estimate of drug-likeness (QED) is 0.235. The lowest BCUT2D eigenvalue weighted by atomic mass is 9.96. The largest absolute Gasteiger partial charge is 0.144 e. The van der Waals surface area contributed by atoms with Crippen LogP contribution in [0.25, 0.3) is 42.4 Å². The summed E-state index contributed by atoms with van der Waals surface area (Å²) in [4.78, 5) is 0. The van der Waals surface area contributed by atoms with Gasteiger partial charge >= 0.3 is 0 Å². The minimum absolute atomic E-state index is 1.15. The third-order valence-corrected chi connectivity index (χ3v) is 5.89. The second-order valence-electron chi connectivity index (χ2n) is 6.56. The maximum absolute atomic E-state index is 2.38. The summed E-state index contributed by atoms with van der Waals surface area (Å²) in [6, 6.07) is 23.0. The Balaban J connectivity index is 1.88. The molecule has 1 heterocycles. The van der Waals surface area contributed by atoms with Crippen LogP contribution in [0.1, 0.15) is 18.9 Å². The first-order valence-corrected chi connectivity index (χ1v) is 9.47. The number of benzene rings is 4. The Hall–Kier alpha value is -2.38. The molecule has 1 heteroatoms. The predicted octanol–water partition coefficient (Wildman–Crippen LogP) is 7.31. The van der Waals surface area contributed by atoms with E-state index < -0.39 is 0 Å². The van der Waals surface area contributed by atoms with Crippen LogP contribution in [0.5, 0.6) is 0 Å². The Morgan fingerprint density at radius 3 is 2.42 bits per heavy atom. The van der Waals surface area contributed by atoms with Gasteiger partial charge in [-0.2, -0.15) is 0 Å². The van der Waals surface area contributed by atoms with Gasteiger partial charge in [-0.3, -0.25) is 0 Å². The van der Waals surface area contributed by atoms with E-state index in [9.17, 15) is 0 Å². The van der Waals surface area contributed by atoms with Crippen LogP contribution in [0, 0.1) is 0 Å². The van der Waals surface area contributed by atoms with Crippen molar-refractivity contribution in [1.29, 1.82) is 0 Å². The monoisotopic (exact) mass is 326 g/mol. The molecule has 0 fully saturated rings. The molecule has 0 aliphatic heterocycles. The van der Waals surface area contributed by atoms with Gasteiger partial charge in [-0.15, -0.1) is 11.3 Å². The third kappa shape index (κ3) is 2.05. The standard InChI is InChI=1S/C23H18S/c1-2-3-15-4-5-16-13-17-6-7-19-20(22(17)14-18(16)12-15)8-9-23-21(19)10-11-24-23/h4-14H,2-3H2,1H3. The average molecular weight is 326 g/mol. The van der Waals surface area contributed by atoms with Crippen molar-refractivity contribution in [2.24, 2.45) is 0 Å². The molecule has 0 aliphatic rings. The van der Waals surface area contributed by atoms with Crippen molar-refractivity contribution < 1.29 is 0 Å². The lowest BCUT2D eigenvalue weighted by Gasteiger charge is -2.09. The summed E-state index contributed by atoms with van der Waals surface area (Å²) in [7, 11) is 0. The van der Waals surface area contributed by atoms with Gasteiger partial charge in [0.1, 0.15) is 0 Å². The fourth-order valence-electron chi connectivity index (χ4n) is 3.83. The van der Waals surface area contributed by atoms with Gasteiger partial charge in [0.2, 0.25) is 0 Å². The molecule has 0 atom stereocenters. The minimum Gasteiger partial charge on any atom is -0.144 e. The molecule has 0 spiro atoms. The molecular formula is C23H18S. The summed E-state index contributed by atoms with van der Waals surface area (Å²) in [5, 5.41) is 11.7. The van der Waals surface area contributed by atoms with Crippen molar-refractivity contribution in [3.05, 3.63) is 71.6 Å². The first-order chi connectivity index (χ1) is 11.8. The predicted molar refractivity (Wildman–Crippen MR) is 108 cm³/mol.